The molecule has 1 unspecified atom stereocenters. The zero-order valence-electron chi connectivity index (χ0n) is 28.0. The summed E-state index contributed by atoms with van der Waals surface area (Å²) in [6, 6.07) is 7.22. The van der Waals surface area contributed by atoms with Crippen molar-refractivity contribution in [2.45, 2.75) is 112 Å². The molecular formula is C35H57N3O3S. The number of carbonyl (C=O) groups excluding carboxylic acids is 1. The van der Waals surface area contributed by atoms with Gasteiger partial charge >= 0.3 is 5.97 Å². The van der Waals surface area contributed by atoms with E-state index in [2.05, 4.69) is 66.9 Å². The predicted octanol–water partition coefficient (Wildman–Crippen LogP) is 8.13. The van der Waals surface area contributed by atoms with Crippen molar-refractivity contribution in [2.24, 2.45) is 11.3 Å². The number of carbonyl (C=O) groups is 2. The molecule has 0 spiro atoms. The number of piperidine rings is 1. The largest absolute Gasteiger partial charge is 0.481 e. The summed E-state index contributed by atoms with van der Waals surface area (Å²) in [6.45, 7) is 22.4. The van der Waals surface area contributed by atoms with E-state index in [4.69, 9.17) is 0 Å². The fraction of sp³-hybridized carbons (Fsp3) is 0.657. The van der Waals surface area contributed by atoms with Crippen LogP contribution in [0.5, 0.6) is 0 Å². The summed E-state index contributed by atoms with van der Waals surface area (Å²) in [6.07, 6.45) is 8.11. The summed E-state index contributed by atoms with van der Waals surface area (Å²) in [5.41, 5.74) is 7.59. The third kappa shape index (κ3) is 9.63. The molecule has 2 aromatic rings. The lowest BCUT2D eigenvalue weighted by Crippen LogP contribution is -2.42. The van der Waals surface area contributed by atoms with Crippen LogP contribution >= 0.6 is 11.8 Å². The van der Waals surface area contributed by atoms with Crippen molar-refractivity contribution < 1.29 is 14.7 Å². The highest BCUT2D eigenvalue weighted by Gasteiger charge is 2.33. The molecule has 42 heavy (non-hydrogen) atoms. The molecule has 2 aliphatic rings. The van der Waals surface area contributed by atoms with Crippen LogP contribution in [0.15, 0.2) is 23.2 Å². The average molecular weight is 600 g/mol. The zero-order valence-corrected chi connectivity index (χ0v) is 28.8. The Morgan fingerprint density at radius 1 is 1.00 bits per heavy atom. The topological polar surface area (TPSA) is 76.6 Å². The van der Waals surface area contributed by atoms with Gasteiger partial charge in [0.2, 0.25) is 5.91 Å². The van der Waals surface area contributed by atoms with Gasteiger partial charge in [-0.1, -0.05) is 58.7 Å². The first kappa shape index (κ1) is 35.9. The van der Waals surface area contributed by atoms with Crippen LogP contribution in [-0.4, -0.2) is 70.2 Å². The summed E-state index contributed by atoms with van der Waals surface area (Å²) in [7, 11) is 0. The lowest BCUT2D eigenvalue weighted by atomic mass is 9.94. The molecule has 2 aliphatic heterocycles. The van der Waals surface area contributed by atoms with Crippen LogP contribution in [0.25, 0.3) is 11.3 Å². The van der Waals surface area contributed by atoms with Gasteiger partial charge in [-0.2, -0.15) is 0 Å². The molecular weight excluding hydrogens is 542 g/mol. The van der Waals surface area contributed by atoms with E-state index in [0.717, 1.165) is 51.9 Å². The second-order valence-electron chi connectivity index (χ2n) is 12.7. The minimum absolute atomic E-state index is 0.163. The summed E-state index contributed by atoms with van der Waals surface area (Å²) in [4.78, 5) is 31.2. The van der Waals surface area contributed by atoms with E-state index < -0.39 is 5.97 Å². The van der Waals surface area contributed by atoms with E-state index in [9.17, 15) is 14.7 Å². The van der Waals surface area contributed by atoms with Gasteiger partial charge in [-0.3, -0.25) is 9.59 Å². The number of aromatic nitrogens is 1. The quantitative estimate of drug-likeness (QED) is 0.314. The van der Waals surface area contributed by atoms with E-state index in [1.54, 1.807) is 11.8 Å². The Balaban J connectivity index is 0.000000345. The van der Waals surface area contributed by atoms with Crippen molar-refractivity contribution in [3.8, 4) is 11.3 Å². The smallest absolute Gasteiger partial charge is 0.306 e. The van der Waals surface area contributed by atoms with E-state index in [1.807, 2.05) is 34.6 Å². The number of nitrogens with zero attached hydrogens (tertiary/aromatic N) is 2. The maximum atomic E-state index is 12.0. The molecule has 236 valence electrons. The molecule has 6 nitrogen and oxygen atoms in total. The number of H-pyrrole nitrogens is 1. The second-order valence-corrected chi connectivity index (χ2v) is 13.5. The monoisotopic (exact) mass is 599 g/mol. The van der Waals surface area contributed by atoms with E-state index >= 15 is 0 Å². The van der Waals surface area contributed by atoms with Gasteiger partial charge in [0.15, 0.2) is 0 Å². The number of aromatic amines is 1. The third-order valence-corrected chi connectivity index (χ3v) is 9.23. The summed E-state index contributed by atoms with van der Waals surface area (Å²) < 4.78 is 0. The van der Waals surface area contributed by atoms with Crippen LogP contribution in [-0.2, 0) is 16.0 Å². The van der Waals surface area contributed by atoms with E-state index in [-0.39, 0.29) is 11.3 Å². The minimum atomic E-state index is -0.641. The Kier molecular flexibility index (Phi) is 14.2. The standard InChI is InChI=1S/C22H30N2O2S.C11H21NO.C2H6/c1-14-11-15(2)13-18(12-14)20-19(16(3)21(23-20)27-4)7-10-24-8-5-17(6-9-24)22(25)26;1-5-9-7-6-8-12(9)10(13)11(2,3)4;1-2/h11-13,17,23H,5-10H2,1-4H3,(H,25,26);9H,5-8H2,1-4H3;1-2H3. The Hall–Kier alpha value is -2.25. The molecule has 2 fully saturated rings. The SMILES string of the molecule is CC.CCC1CCCN1C(=O)C(C)(C)C.CSc1[nH]c(-c2cc(C)cc(C)c2)c(CCN2CCC(C(=O)O)CC2)c1C. The molecule has 1 aromatic heterocycles. The van der Waals surface area contributed by atoms with Gasteiger partial charge in [0.25, 0.3) is 0 Å². The second kappa shape index (κ2) is 16.6. The molecule has 2 saturated heterocycles. The van der Waals surface area contributed by atoms with Crippen molar-refractivity contribution >= 4 is 23.6 Å². The van der Waals surface area contributed by atoms with Crippen molar-refractivity contribution in [2.75, 3.05) is 32.4 Å². The first-order valence-corrected chi connectivity index (χ1v) is 17.2. The fourth-order valence-electron chi connectivity index (χ4n) is 6.12. The Labute approximate surface area is 260 Å². The normalized spacial score (nSPS) is 17.8. The lowest BCUT2D eigenvalue weighted by molar-refractivity contribution is -0.143. The van der Waals surface area contributed by atoms with Crippen molar-refractivity contribution in [3.63, 3.8) is 0 Å². The molecule has 1 amide bonds. The number of hydrogen-bond donors (Lipinski definition) is 2. The minimum Gasteiger partial charge on any atom is -0.481 e. The highest BCUT2D eigenvalue weighted by molar-refractivity contribution is 7.98. The Morgan fingerprint density at radius 2 is 1.60 bits per heavy atom. The molecule has 4 rings (SSSR count). The molecule has 0 bridgehead atoms. The molecule has 1 atom stereocenters. The van der Waals surface area contributed by atoms with Gasteiger partial charge in [-0.15, -0.1) is 11.8 Å². The number of carboxylic acids is 1. The number of benzene rings is 1. The molecule has 2 N–H and O–H groups in total. The Bertz CT molecular complexity index is 1140. The van der Waals surface area contributed by atoms with Crippen molar-refractivity contribution in [1.29, 1.82) is 0 Å². The van der Waals surface area contributed by atoms with Crippen LogP contribution in [0.2, 0.25) is 0 Å². The number of rotatable bonds is 7. The van der Waals surface area contributed by atoms with Crippen LogP contribution in [0.1, 0.15) is 95.9 Å². The molecule has 3 heterocycles. The summed E-state index contributed by atoms with van der Waals surface area (Å²) >= 11 is 1.76. The highest BCUT2D eigenvalue weighted by atomic mass is 32.2. The van der Waals surface area contributed by atoms with Gasteiger partial charge in [-0.25, -0.2) is 0 Å². The fourth-order valence-corrected chi connectivity index (χ4v) is 6.75. The van der Waals surface area contributed by atoms with E-state index in [1.165, 1.54) is 51.4 Å². The van der Waals surface area contributed by atoms with Gasteiger partial charge in [0.05, 0.1) is 10.9 Å². The maximum absolute atomic E-state index is 12.0. The first-order valence-electron chi connectivity index (χ1n) is 16.0. The third-order valence-electron chi connectivity index (χ3n) is 8.41. The first-order chi connectivity index (χ1) is 19.8. The lowest BCUT2D eigenvalue weighted by Gasteiger charge is -2.30. The van der Waals surface area contributed by atoms with Gasteiger partial charge in [0.1, 0.15) is 0 Å². The average Bonchev–Trinajstić information content (AvgIpc) is 3.56. The van der Waals surface area contributed by atoms with Crippen LogP contribution in [0, 0.1) is 32.1 Å². The van der Waals surface area contributed by atoms with Crippen molar-refractivity contribution in [1.82, 2.24) is 14.8 Å². The predicted molar refractivity (Wildman–Crippen MR) is 179 cm³/mol. The number of nitrogens with one attached hydrogen (secondary N) is 1. The number of hydrogen-bond acceptors (Lipinski definition) is 4. The highest BCUT2D eigenvalue weighted by Crippen LogP contribution is 2.34. The summed E-state index contributed by atoms with van der Waals surface area (Å²) in [5.74, 6) is -0.487. The number of likely N-dealkylation sites (tertiary alicyclic amines) is 2. The molecule has 1 aromatic carbocycles. The molecule has 0 saturated carbocycles. The van der Waals surface area contributed by atoms with Gasteiger partial charge in [-0.05, 0) is 107 Å². The number of aliphatic carboxylic acids is 1. The van der Waals surface area contributed by atoms with Gasteiger partial charge in [0, 0.05) is 30.2 Å². The molecule has 0 radical (unpaired) electrons. The number of carboxylic acid groups (broad SMARTS) is 1. The van der Waals surface area contributed by atoms with Crippen LogP contribution in [0.4, 0.5) is 0 Å². The molecule has 7 heteroatoms. The zero-order chi connectivity index (χ0) is 31.6. The number of thioether (sulfide) groups is 1. The van der Waals surface area contributed by atoms with E-state index in [0.29, 0.717) is 11.9 Å². The molecule has 0 aliphatic carbocycles. The maximum Gasteiger partial charge on any atom is 0.306 e. The number of aryl methyl sites for hydroxylation is 2. The van der Waals surface area contributed by atoms with Crippen LogP contribution in [0.3, 0.4) is 0 Å². The van der Waals surface area contributed by atoms with Crippen LogP contribution < -0.4 is 0 Å². The number of amides is 1. The van der Waals surface area contributed by atoms with Gasteiger partial charge < -0.3 is 19.9 Å². The summed E-state index contributed by atoms with van der Waals surface area (Å²) in [5, 5.41) is 10.4. The van der Waals surface area contributed by atoms with Crippen molar-refractivity contribution in [3.05, 3.63) is 40.5 Å². The Morgan fingerprint density at radius 3 is 2.10 bits per heavy atom.